The van der Waals surface area contributed by atoms with E-state index in [1.54, 1.807) is 6.92 Å². The molecular formula is C13H13ClFN3O4S. The van der Waals surface area contributed by atoms with Gasteiger partial charge in [-0.15, -0.1) is 0 Å². The number of hydrogen-bond acceptors (Lipinski definition) is 4. The number of aromatic nitrogens is 2. The average Bonchev–Trinajstić information content (AvgIpc) is 2.39. The van der Waals surface area contributed by atoms with Gasteiger partial charge >= 0.3 is 5.69 Å². The SMILES string of the molecule is Cc1cc(=O)n(-c2cc(NS(C)(=O)=O)c(Cl)cc2F)c(=O)n1C. The fraction of sp³-hybridized carbons (Fsp3) is 0.231. The molecule has 0 aliphatic heterocycles. The first-order valence-electron chi connectivity index (χ1n) is 6.28. The topological polar surface area (TPSA) is 90.2 Å². The molecule has 0 saturated heterocycles. The summed E-state index contributed by atoms with van der Waals surface area (Å²) in [6.07, 6.45) is 0.892. The van der Waals surface area contributed by atoms with E-state index >= 15 is 0 Å². The van der Waals surface area contributed by atoms with Gasteiger partial charge in [-0.1, -0.05) is 11.6 Å². The normalized spacial score (nSPS) is 11.5. The molecule has 0 amide bonds. The van der Waals surface area contributed by atoms with E-state index in [9.17, 15) is 22.4 Å². The largest absolute Gasteiger partial charge is 0.335 e. The maximum atomic E-state index is 14.2. The van der Waals surface area contributed by atoms with Gasteiger partial charge in [0.05, 0.1) is 22.7 Å². The first-order valence-corrected chi connectivity index (χ1v) is 8.55. The summed E-state index contributed by atoms with van der Waals surface area (Å²) < 4.78 is 40.7. The molecule has 0 spiro atoms. The Balaban J connectivity index is 2.80. The predicted octanol–water partition coefficient (Wildman–Crippen LogP) is 1.01. The molecule has 0 bridgehead atoms. The van der Waals surface area contributed by atoms with Crippen molar-refractivity contribution in [3.8, 4) is 5.69 Å². The summed E-state index contributed by atoms with van der Waals surface area (Å²) in [7, 11) is -2.25. The summed E-state index contributed by atoms with van der Waals surface area (Å²) >= 11 is 5.79. The van der Waals surface area contributed by atoms with Crippen LogP contribution in [0.4, 0.5) is 10.1 Å². The molecule has 0 aliphatic carbocycles. The van der Waals surface area contributed by atoms with Crippen LogP contribution in [0.5, 0.6) is 0 Å². The molecule has 0 radical (unpaired) electrons. The second-order valence-corrected chi connectivity index (χ2v) is 7.11. The quantitative estimate of drug-likeness (QED) is 0.883. The predicted molar refractivity (Wildman–Crippen MR) is 85.5 cm³/mol. The van der Waals surface area contributed by atoms with Gasteiger partial charge in [0.2, 0.25) is 10.0 Å². The highest BCUT2D eigenvalue weighted by Crippen LogP contribution is 2.27. The van der Waals surface area contributed by atoms with E-state index in [1.807, 2.05) is 0 Å². The Morgan fingerprint density at radius 2 is 1.83 bits per heavy atom. The number of hydrogen-bond donors (Lipinski definition) is 1. The Labute approximate surface area is 136 Å². The Kier molecular flexibility index (Phi) is 4.36. The average molecular weight is 362 g/mol. The molecule has 2 aromatic rings. The van der Waals surface area contributed by atoms with Crippen LogP contribution in [0, 0.1) is 12.7 Å². The Bertz CT molecular complexity index is 1010. The molecule has 0 unspecified atom stereocenters. The molecule has 124 valence electrons. The first-order chi connectivity index (χ1) is 10.5. The molecule has 1 heterocycles. The van der Waals surface area contributed by atoms with Crippen LogP contribution in [0.3, 0.4) is 0 Å². The third-order valence-corrected chi connectivity index (χ3v) is 4.04. The molecule has 2 rings (SSSR count). The van der Waals surface area contributed by atoms with Crippen molar-refractivity contribution in [2.45, 2.75) is 6.92 Å². The monoisotopic (exact) mass is 361 g/mol. The van der Waals surface area contributed by atoms with Crippen LogP contribution in [0.25, 0.3) is 5.69 Å². The standard InChI is InChI=1S/C13H13ClFN3O4S/c1-7-4-12(19)18(13(20)17(7)2)11-6-10(16-23(3,21)22)8(14)5-9(11)15/h4-6,16H,1-3H3. The number of nitrogens with one attached hydrogen (secondary N) is 1. The van der Waals surface area contributed by atoms with E-state index in [0.29, 0.717) is 10.3 Å². The van der Waals surface area contributed by atoms with Crippen molar-refractivity contribution in [3.05, 3.63) is 55.6 Å². The van der Waals surface area contributed by atoms with Crippen LogP contribution < -0.4 is 16.0 Å². The fourth-order valence-corrected chi connectivity index (χ4v) is 2.77. The number of anilines is 1. The van der Waals surface area contributed by atoms with E-state index in [2.05, 4.69) is 4.72 Å². The molecule has 7 nitrogen and oxygen atoms in total. The van der Waals surface area contributed by atoms with Crippen molar-refractivity contribution < 1.29 is 12.8 Å². The number of sulfonamides is 1. The van der Waals surface area contributed by atoms with Crippen LogP contribution in [0.2, 0.25) is 5.02 Å². The highest BCUT2D eigenvalue weighted by molar-refractivity contribution is 7.92. The lowest BCUT2D eigenvalue weighted by Crippen LogP contribution is -2.38. The van der Waals surface area contributed by atoms with Crippen LogP contribution in [-0.4, -0.2) is 23.8 Å². The van der Waals surface area contributed by atoms with Gasteiger partial charge in [-0.25, -0.2) is 22.2 Å². The number of rotatable bonds is 3. The summed E-state index contributed by atoms with van der Waals surface area (Å²) in [5, 5.41) is -0.200. The minimum Gasteiger partial charge on any atom is -0.301 e. The Hall–Kier alpha value is -2.13. The van der Waals surface area contributed by atoms with E-state index < -0.39 is 32.8 Å². The van der Waals surface area contributed by atoms with Gasteiger partial charge < -0.3 is 4.57 Å². The van der Waals surface area contributed by atoms with Gasteiger partial charge in [0.15, 0.2) is 0 Å². The van der Waals surface area contributed by atoms with Crippen molar-refractivity contribution in [2.24, 2.45) is 7.05 Å². The summed E-state index contributed by atoms with van der Waals surface area (Å²) in [6.45, 7) is 1.56. The third-order valence-electron chi connectivity index (χ3n) is 3.13. The van der Waals surface area contributed by atoms with Crippen molar-refractivity contribution in [2.75, 3.05) is 11.0 Å². The second-order valence-electron chi connectivity index (χ2n) is 4.96. The van der Waals surface area contributed by atoms with Gasteiger partial charge in [0.1, 0.15) is 5.82 Å². The van der Waals surface area contributed by atoms with Gasteiger partial charge in [0, 0.05) is 18.8 Å². The maximum Gasteiger partial charge on any atom is 0.335 e. The van der Waals surface area contributed by atoms with E-state index in [-0.39, 0.29) is 10.7 Å². The zero-order valence-electron chi connectivity index (χ0n) is 12.4. The van der Waals surface area contributed by atoms with Crippen molar-refractivity contribution in [1.82, 2.24) is 9.13 Å². The summed E-state index contributed by atoms with van der Waals surface area (Å²) in [5.41, 5.74) is -1.63. The van der Waals surface area contributed by atoms with Crippen molar-refractivity contribution >= 4 is 27.3 Å². The molecular weight excluding hydrogens is 349 g/mol. The lowest BCUT2D eigenvalue weighted by Gasteiger charge is -2.13. The van der Waals surface area contributed by atoms with Gasteiger partial charge in [-0.2, -0.15) is 0 Å². The lowest BCUT2D eigenvalue weighted by molar-refractivity contribution is 0.603. The minimum atomic E-state index is -3.67. The smallest absolute Gasteiger partial charge is 0.301 e. The molecule has 10 heteroatoms. The van der Waals surface area contributed by atoms with Gasteiger partial charge in [0.25, 0.3) is 5.56 Å². The van der Waals surface area contributed by atoms with Crippen molar-refractivity contribution in [1.29, 1.82) is 0 Å². The summed E-state index contributed by atoms with van der Waals surface area (Å²) in [5.74, 6) is -0.933. The molecule has 0 aliphatic rings. The Morgan fingerprint density at radius 1 is 1.22 bits per heavy atom. The van der Waals surface area contributed by atoms with Crippen LogP contribution in [0.15, 0.2) is 27.8 Å². The Morgan fingerprint density at radius 3 is 2.39 bits per heavy atom. The summed E-state index contributed by atoms with van der Waals surface area (Å²) in [6, 6.07) is 2.99. The van der Waals surface area contributed by atoms with Crippen molar-refractivity contribution in [3.63, 3.8) is 0 Å². The molecule has 23 heavy (non-hydrogen) atoms. The van der Waals surface area contributed by atoms with Gasteiger partial charge in [-0.05, 0) is 19.1 Å². The molecule has 1 aromatic heterocycles. The van der Waals surface area contributed by atoms with Crippen LogP contribution in [-0.2, 0) is 17.1 Å². The van der Waals surface area contributed by atoms with E-state index in [1.165, 1.54) is 17.7 Å². The summed E-state index contributed by atoms with van der Waals surface area (Å²) in [4.78, 5) is 24.3. The van der Waals surface area contributed by atoms with Crippen LogP contribution >= 0.6 is 11.6 Å². The number of nitrogens with zero attached hydrogens (tertiary/aromatic N) is 2. The lowest BCUT2D eigenvalue weighted by atomic mass is 10.2. The second kappa shape index (κ2) is 5.82. The van der Waals surface area contributed by atoms with E-state index in [4.69, 9.17) is 11.6 Å². The highest BCUT2D eigenvalue weighted by atomic mass is 35.5. The fourth-order valence-electron chi connectivity index (χ4n) is 1.94. The molecule has 0 saturated carbocycles. The van der Waals surface area contributed by atoms with E-state index in [0.717, 1.165) is 18.4 Å². The highest BCUT2D eigenvalue weighted by Gasteiger charge is 2.17. The van der Waals surface area contributed by atoms with Crippen LogP contribution in [0.1, 0.15) is 5.69 Å². The number of aryl methyl sites for hydroxylation is 1. The maximum absolute atomic E-state index is 14.2. The first kappa shape index (κ1) is 17.2. The zero-order chi connectivity index (χ0) is 17.5. The molecule has 1 N–H and O–H groups in total. The number of halogens is 2. The molecule has 0 atom stereocenters. The molecule has 0 fully saturated rings. The minimum absolute atomic E-state index is 0.139. The molecule has 1 aromatic carbocycles. The zero-order valence-corrected chi connectivity index (χ0v) is 14.0. The van der Waals surface area contributed by atoms with Gasteiger partial charge in [-0.3, -0.25) is 9.52 Å². The number of benzene rings is 1. The third kappa shape index (κ3) is 3.45.